The maximum atomic E-state index is 10.9. The van der Waals surface area contributed by atoms with Gasteiger partial charge in [-0.3, -0.25) is 4.79 Å². The molecule has 4 nitrogen and oxygen atoms in total. The predicted octanol–water partition coefficient (Wildman–Crippen LogP) is 5.14. The van der Waals surface area contributed by atoms with Gasteiger partial charge < -0.3 is 4.74 Å². The third kappa shape index (κ3) is 4.65. The number of hydrogen-bond acceptors (Lipinski definition) is 4. The normalized spacial score (nSPS) is 20.2. The fraction of sp³-hybridized carbons (Fsp3) is 0.476. The maximum Gasteiger partial charge on any atom is 0.308 e. The summed E-state index contributed by atoms with van der Waals surface area (Å²) >= 11 is 0. The van der Waals surface area contributed by atoms with Crippen LogP contribution in [0.1, 0.15) is 63.9 Å². The zero-order valence-corrected chi connectivity index (χ0v) is 15.1. The van der Waals surface area contributed by atoms with Gasteiger partial charge in [-0.1, -0.05) is 44.0 Å². The average molecular weight is 338 g/mol. The highest BCUT2D eigenvalue weighted by molar-refractivity contribution is 5.69. The zero-order chi connectivity index (χ0) is 17.6. The first kappa shape index (κ1) is 17.6. The molecule has 0 unspecified atom stereocenters. The molecular weight excluding hydrogens is 312 g/mol. The van der Waals surface area contributed by atoms with Crippen LogP contribution in [-0.4, -0.2) is 15.9 Å². The molecule has 0 radical (unpaired) electrons. The second kappa shape index (κ2) is 8.24. The first-order chi connectivity index (χ1) is 12.2. The van der Waals surface area contributed by atoms with Crippen LogP contribution < -0.4 is 4.74 Å². The van der Waals surface area contributed by atoms with Crippen LogP contribution in [0, 0.1) is 5.92 Å². The van der Waals surface area contributed by atoms with Crippen LogP contribution in [-0.2, 0) is 4.79 Å². The molecule has 2 aromatic rings. The molecule has 1 aromatic heterocycles. The Balaban J connectivity index is 1.63. The third-order valence-electron chi connectivity index (χ3n) is 5.07. The van der Waals surface area contributed by atoms with E-state index < -0.39 is 0 Å². The van der Waals surface area contributed by atoms with E-state index in [0.29, 0.717) is 17.5 Å². The molecule has 0 bridgehead atoms. The first-order valence-corrected chi connectivity index (χ1v) is 9.26. The van der Waals surface area contributed by atoms with Crippen molar-refractivity contribution in [1.82, 2.24) is 9.97 Å². The fourth-order valence-corrected chi connectivity index (χ4v) is 3.78. The smallest absolute Gasteiger partial charge is 0.308 e. The van der Waals surface area contributed by atoms with E-state index in [9.17, 15) is 4.79 Å². The highest BCUT2D eigenvalue weighted by atomic mass is 16.5. The van der Waals surface area contributed by atoms with Gasteiger partial charge in [-0.2, -0.15) is 0 Å². The molecular formula is C21H26N2O2. The van der Waals surface area contributed by atoms with Crippen LogP contribution in [0.25, 0.3) is 11.4 Å². The molecule has 0 amide bonds. The summed E-state index contributed by atoms with van der Waals surface area (Å²) < 4.78 is 4.97. The van der Waals surface area contributed by atoms with Crippen molar-refractivity contribution in [3.63, 3.8) is 0 Å². The Morgan fingerprint density at radius 1 is 1.08 bits per heavy atom. The number of benzene rings is 1. The number of rotatable bonds is 5. The molecule has 1 aliphatic rings. The molecule has 1 aromatic carbocycles. The SMILES string of the molecule is CCCC1CCC(c2ccc(-c3ncc(OC(C)=O)cn3)cc2)CC1. The lowest BCUT2D eigenvalue weighted by Crippen LogP contribution is -2.13. The maximum absolute atomic E-state index is 10.9. The van der Waals surface area contributed by atoms with Crippen molar-refractivity contribution >= 4 is 5.97 Å². The van der Waals surface area contributed by atoms with Crippen LogP contribution in [0.15, 0.2) is 36.7 Å². The number of nitrogens with zero attached hydrogens (tertiary/aromatic N) is 2. The Kier molecular flexibility index (Phi) is 5.79. The van der Waals surface area contributed by atoms with Crippen LogP contribution in [0.2, 0.25) is 0 Å². The Morgan fingerprint density at radius 2 is 1.72 bits per heavy atom. The van der Waals surface area contributed by atoms with Gasteiger partial charge >= 0.3 is 5.97 Å². The number of carbonyl (C=O) groups is 1. The van der Waals surface area contributed by atoms with Gasteiger partial charge in [0.2, 0.25) is 0 Å². The Bertz CT molecular complexity index is 687. The molecule has 132 valence electrons. The molecule has 0 saturated heterocycles. The number of carbonyl (C=O) groups excluding carboxylic acids is 1. The second-order valence-electron chi connectivity index (χ2n) is 6.96. The summed E-state index contributed by atoms with van der Waals surface area (Å²) in [7, 11) is 0. The molecule has 1 aliphatic carbocycles. The van der Waals surface area contributed by atoms with Crippen LogP contribution in [0.4, 0.5) is 0 Å². The molecule has 1 saturated carbocycles. The fourth-order valence-electron chi connectivity index (χ4n) is 3.78. The standard InChI is InChI=1S/C21H26N2O2/c1-3-4-16-5-7-17(8-6-16)18-9-11-19(12-10-18)21-22-13-20(14-23-21)25-15(2)24/h9-14,16-17H,3-8H2,1-2H3. The van der Waals surface area contributed by atoms with Crippen LogP contribution in [0.3, 0.4) is 0 Å². The van der Waals surface area contributed by atoms with Gasteiger partial charge in [0.15, 0.2) is 11.6 Å². The molecule has 3 rings (SSSR count). The van der Waals surface area contributed by atoms with Crippen molar-refractivity contribution in [3.05, 3.63) is 42.2 Å². The monoisotopic (exact) mass is 338 g/mol. The van der Waals surface area contributed by atoms with Crippen molar-refractivity contribution in [3.8, 4) is 17.1 Å². The van der Waals surface area contributed by atoms with E-state index >= 15 is 0 Å². The lowest BCUT2D eigenvalue weighted by atomic mass is 9.77. The van der Waals surface area contributed by atoms with Gasteiger partial charge in [-0.05, 0) is 43.1 Å². The quantitative estimate of drug-likeness (QED) is 0.708. The summed E-state index contributed by atoms with van der Waals surface area (Å²) in [6.07, 6.45) is 11.1. The Labute approximate surface area is 149 Å². The molecule has 0 aliphatic heterocycles. The largest absolute Gasteiger partial charge is 0.423 e. The summed E-state index contributed by atoms with van der Waals surface area (Å²) in [6, 6.07) is 8.61. The van der Waals surface area contributed by atoms with E-state index in [4.69, 9.17) is 4.74 Å². The minimum absolute atomic E-state index is 0.366. The van der Waals surface area contributed by atoms with E-state index in [2.05, 4.69) is 41.2 Å². The van der Waals surface area contributed by atoms with Crippen molar-refractivity contribution in [2.24, 2.45) is 5.92 Å². The average Bonchev–Trinajstić information content (AvgIpc) is 2.63. The van der Waals surface area contributed by atoms with E-state index in [-0.39, 0.29) is 5.97 Å². The van der Waals surface area contributed by atoms with E-state index in [0.717, 1.165) is 11.5 Å². The predicted molar refractivity (Wildman–Crippen MR) is 98.4 cm³/mol. The van der Waals surface area contributed by atoms with E-state index in [1.807, 2.05) is 0 Å². The molecule has 0 spiro atoms. The highest BCUT2D eigenvalue weighted by Crippen LogP contribution is 2.37. The zero-order valence-electron chi connectivity index (χ0n) is 15.1. The summed E-state index contributed by atoms with van der Waals surface area (Å²) in [5.41, 5.74) is 2.41. The Hall–Kier alpha value is -2.23. The van der Waals surface area contributed by atoms with Crippen molar-refractivity contribution in [2.75, 3.05) is 0 Å². The van der Waals surface area contributed by atoms with E-state index in [1.54, 1.807) is 0 Å². The van der Waals surface area contributed by atoms with Gasteiger partial charge in [0.05, 0.1) is 12.4 Å². The van der Waals surface area contributed by atoms with Crippen molar-refractivity contribution in [1.29, 1.82) is 0 Å². The number of ether oxygens (including phenoxy) is 1. The molecule has 0 N–H and O–H groups in total. The molecule has 1 fully saturated rings. The minimum Gasteiger partial charge on any atom is -0.423 e. The van der Waals surface area contributed by atoms with Crippen LogP contribution in [0.5, 0.6) is 5.75 Å². The topological polar surface area (TPSA) is 52.1 Å². The number of aromatic nitrogens is 2. The summed E-state index contributed by atoms with van der Waals surface area (Å²) in [4.78, 5) is 19.5. The van der Waals surface area contributed by atoms with E-state index in [1.165, 1.54) is 63.4 Å². The second-order valence-corrected chi connectivity index (χ2v) is 6.96. The first-order valence-electron chi connectivity index (χ1n) is 9.26. The van der Waals surface area contributed by atoms with Crippen molar-refractivity contribution in [2.45, 2.75) is 58.3 Å². The number of esters is 1. The summed E-state index contributed by atoms with van der Waals surface area (Å²) in [5, 5.41) is 0. The summed E-state index contributed by atoms with van der Waals surface area (Å²) in [6.45, 7) is 3.65. The van der Waals surface area contributed by atoms with Gasteiger partial charge in [0, 0.05) is 12.5 Å². The van der Waals surface area contributed by atoms with Gasteiger partial charge in [0.25, 0.3) is 0 Å². The molecule has 1 heterocycles. The lowest BCUT2D eigenvalue weighted by Gasteiger charge is -2.28. The number of hydrogen-bond donors (Lipinski definition) is 0. The third-order valence-corrected chi connectivity index (χ3v) is 5.07. The molecule has 0 atom stereocenters. The lowest BCUT2D eigenvalue weighted by molar-refractivity contribution is -0.131. The molecule has 4 heteroatoms. The minimum atomic E-state index is -0.366. The Morgan fingerprint density at radius 3 is 2.28 bits per heavy atom. The van der Waals surface area contributed by atoms with Gasteiger partial charge in [0.1, 0.15) is 0 Å². The summed E-state index contributed by atoms with van der Waals surface area (Å²) in [5.74, 6) is 2.28. The van der Waals surface area contributed by atoms with Crippen molar-refractivity contribution < 1.29 is 9.53 Å². The van der Waals surface area contributed by atoms with Crippen LogP contribution >= 0.6 is 0 Å². The van der Waals surface area contributed by atoms with Gasteiger partial charge in [-0.15, -0.1) is 0 Å². The highest BCUT2D eigenvalue weighted by Gasteiger charge is 2.21. The van der Waals surface area contributed by atoms with Gasteiger partial charge in [-0.25, -0.2) is 9.97 Å². The molecule has 25 heavy (non-hydrogen) atoms.